The van der Waals surface area contributed by atoms with Crippen LogP contribution in [0.25, 0.3) is 10.9 Å². The number of halogens is 4. The van der Waals surface area contributed by atoms with Crippen molar-refractivity contribution in [3.8, 4) is 0 Å². The number of aromatic nitrogens is 3. The Morgan fingerprint density at radius 3 is 2.53 bits per heavy atom. The van der Waals surface area contributed by atoms with Crippen molar-refractivity contribution in [2.75, 3.05) is 38.2 Å². The number of alkyl halides is 3. The summed E-state index contributed by atoms with van der Waals surface area (Å²) in [6, 6.07) is 7.04. The maximum atomic E-state index is 13.3. The molecule has 0 radical (unpaired) electrons. The van der Waals surface area contributed by atoms with Crippen LogP contribution in [0.5, 0.6) is 0 Å². The van der Waals surface area contributed by atoms with Gasteiger partial charge < -0.3 is 15.4 Å². The Kier molecular flexibility index (Phi) is 6.96. The number of rotatable bonds is 7. The Labute approximate surface area is 210 Å². The van der Waals surface area contributed by atoms with Gasteiger partial charge in [-0.05, 0) is 37.1 Å². The molecule has 3 heterocycles. The van der Waals surface area contributed by atoms with Crippen molar-refractivity contribution < 1.29 is 22.7 Å². The van der Waals surface area contributed by atoms with Crippen molar-refractivity contribution in [3.05, 3.63) is 58.6 Å². The zero-order chi connectivity index (χ0) is 25.3. The second-order valence-corrected chi connectivity index (χ2v) is 9.22. The van der Waals surface area contributed by atoms with Gasteiger partial charge in [-0.15, -0.1) is 0 Å². The van der Waals surface area contributed by atoms with Crippen LogP contribution in [0, 0.1) is 0 Å². The summed E-state index contributed by atoms with van der Waals surface area (Å²) in [5, 5.41) is 7.13. The van der Waals surface area contributed by atoms with Gasteiger partial charge in [0.2, 0.25) is 5.82 Å². The lowest BCUT2D eigenvalue weighted by Crippen LogP contribution is -2.44. The summed E-state index contributed by atoms with van der Waals surface area (Å²) in [6.45, 7) is 2.18. The average Bonchev–Trinajstić information content (AvgIpc) is 3.68. The monoisotopic (exact) mass is 520 g/mol. The maximum absolute atomic E-state index is 13.3. The summed E-state index contributed by atoms with van der Waals surface area (Å²) >= 11 is 6.42. The molecule has 190 valence electrons. The third-order valence-electron chi connectivity index (χ3n) is 6.23. The van der Waals surface area contributed by atoms with Crippen molar-refractivity contribution in [1.82, 2.24) is 25.2 Å². The number of hydrogen-bond donors (Lipinski definition) is 2. The molecule has 12 heteroatoms. The molecule has 3 aromatic rings. The summed E-state index contributed by atoms with van der Waals surface area (Å²) < 4.78 is 44.2. The van der Waals surface area contributed by atoms with Crippen LogP contribution in [0.4, 0.5) is 19.0 Å². The number of pyridine rings is 1. The minimum absolute atomic E-state index is 0.120. The fourth-order valence-electron chi connectivity index (χ4n) is 4.21. The van der Waals surface area contributed by atoms with Gasteiger partial charge in [0.15, 0.2) is 0 Å². The van der Waals surface area contributed by atoms with E-state index in [4.69, 9.17) is 16.3 Å². The molecule has 1 aliphatic heterocycles. The van der Waals surface area contributed by atoms with E-state index in [1.54, 1.807) is 12.1 Å². The first-order chi connectivity index (χ1) is 17.3. The van der Waals surface area contributed by atoms with Gasteiger partial charge >= 0.3 is 6.18 Å². The number of anilines is 1. The number of ether oxygens (including phenoxy) is 1. The lowest BCUT2D eigenvalue weighted by Gasteiger charge is -2.34. The van der Waals surface area contributed by atoms with Gasteiger partial charge in [-0.1, -0.05) is 11.6 Å². The van der Waals surface area contributed by atoms with E-state index in [0.29, 0.717) is 54.4 Å². The zero-order valence-electron chi connectivity index (χ0n) is 19.2. The van der Waals surface area contributed by atoms with Crippen LogP contribution in [0.2, 0.25) is 5.02 Å². The number of carbonyl (C=O) groups excluding carboxylic acids is 1. The lowest BCUT2D eigenvalue weighted by atomic mass is 10.1. The number of nitrogens with one attached hydrogen (secondary N) is 2. The second-order valence-electron chi connectivity index (χ2n) is 8.82. The SMILES string of the molecule is O=C(NCC(c1cnc(C(F)(F)F)nc1)N1CCOCC1)c1c(Cl)ccc2nc(NC3CC3)ccc12. The highest BCUT2D eigenvalue weighted by molar-refractivity contribution is 6.35. The van der Waals surface area contributed by atoms with Crippen molar-refractivity contribution in [3.63, 3.8) is 0 Å². The van der Waals surface area contributed by atoms with E-state index < -0.39 is 23.9 Å². The van der Waals surface area contributed by atoms with E-state index in [1.807, 2.05) is 17.0 Å². The van der Waals surface area contributed by atoms with E-state index in [-0.39, 0.29) is 11.6 Å². The van der Waals surface area contributed by atoms with Crippen molar-refractivity contribution >= 4 is 34.2 Å². The number of nitrogens with zero attached hydrogens (tertiary/aromatic N) is 4. The number of benzene rings is 1. The number of morpholine rings is 1. The summed E-state index contributed by atoms with van der Waals surface area (Å²) in [6.07, 6.45) is -0.0877. The molecule has 5 rings (SSSR count). The molecule has 1 atom stereocenters. The average molecular weight is 521 g/mol. The van der Waals surface area contributed by atoms with Crippen molar-refractivity contribution in [2.45, 2.75) is 31.1 Å². The highest BCUT2D eigenvalue weighted by Gasteiger charge is 2.35. The summed E-state index contributed by atoms with van der Waals surface area (Å²) in [4.78, 5) is 26.9. The molecule has 0 bridgehead atoms. The van der Waals surface area contributed by atoms with Gasteiger partial charge in [0.1, 0.15) is 5.82 Å². The summed E-state index contributed by atoms with van der Waals surface area (Å²) in [5.41, 5.74) is 1.40. The highest BCUT2D eigenvalue weighted by atomic mass is 35.5. The Morgan fingerprint density at radius 2 is 1.86 bits per heavy atom. The quantitative estimate of drug-likeness (QED) is 0.485. The molecule has 2 fully saturated rings. The van der Waals surface area contributed by atoms with Gasteiger partial charge in [-0.25, -0.2) is 15.0 Å². The first kappa shape index (κ1) is 24.7. The number of fused-ring (bicyclic) bond motifs is 1. The van der Waals surface area contributed by atoms with Crippen LogP contribution in [0.15, 0.2) is 36.7 Å². The summed E-state index contributed by atoms with van der Waals surface area (Å²) in [7, 11) is 0. The molecule has 8 nitrogen and oxygen atoms in total. The van der Waals surface area contributed by atoms with E-state index in [0.717, 1.165) is 31.1 Å². The fourth-order valence-corrected chi connectivity index (χ4v) is 4.46. The normalized spacial score (nSPS) is 17.7. The predicted octanol–water partition coefficient (Wildman–Crippen LogP) is 4.07. The number of carbonyl (C=O) groups is 1. The highest BCUT2D eigenvalue weighted by Crippen LogP contribution is 2.30. The predicted molar refractivity (Wildman–Crippen MR) is 128 cm³/mol. The molecule has 36 heavy (non-hydrogen) atoms. The molecule has 1 aliphatic carbocycles. The Hall–Kier alpha value is -3.02. The standard InChI is InChI=1S/C24H24ClF3N6O2/c25-17-4-5-18-16(3-6-20(33-18)32-15-1-2-15)21(17)22(35)29-13-19(34-7-9-36-10-8-34)14-11-30-23(31-12-14)24(26,27)28/h3-6,11-12,15,19H,1-2,7-10,13H2,(H,29,35)(H,32,33). The van der Waals surface area contributed by atoms with Crippen LogP contribution in [0.1, 0.15) is 40.6 Å². The van der Waals surface area contributed by atoms with Gasteiger partial charge in [0.05, 0.1) is 35.4 Å². The molecular formula is C24H24ClF3N6O2. The Balaban J connectivity index is 1.37. The first-order valence-electron chi connectivity index (χ1n) is 11.6. The molecule has 2 aromatic heterocycles. The minimum atomic E-state index is -4.63. The Bertz CT molecular complexity index is 1250. The topological polar surface area (TPSA) is 92.3 Å². The van der Waals surface area contributed by atoms with E-state index in [2.05, 4.69) is 25.6 Å². The lowest BCUT2D eigenvalue weighted by molar-refractivity contribution is -0.145. The fraction of sp³-hybridized carbons (Fsp3) is 0.417. The van der Waals surface area contributed by atoms with Crippen LogP contribution < -0.4 is 10.6 Å². The van der Waals surface area contributed by atoms with E-state index in [1.165, 1.54) is 0 Å². The molecule has 1 aromatic carbocycles. The third-order valence-corrected chi connectivity index (χ3v) is 6.54. The molecule has 0 spiro atoms. The molecule has 2 N–H and O–H groups in total. The van der Waals surface area contributed by atoms with Gasteiger partial charge in [0.25, 0.3) is 5.91 Å². The second kappa shape index (κ2) is 10.2. The maximum Gasteiger partial charge on any atom is 0.451 e. The van der Waals surface area contributed by atoms with Crippen LogP contribution in [-0.4, -0.2) is 64.6 Å². The molecule has 1 saturated carbocycles. The molecule has 1 amide bonds. The zero-order valence-corrected chi connectivity index (χ0v) is 19.9. The molecule has 2 aliphatic rings. The van der Waals surface area contributed by atoms with Gasteiger partial charge in [-0.3, -0.25) is 9.69 Å². The van der Waals surface area contributed by atoms with Crippen molar-refractivity contribution in [2.24, 2.45) is 0 Å². The number of hydrogen-bond acceptors (Lipinski definition) is 7. The molecular weight excluding hydrogens is 497 g/mol. The van der Waals surface area contributed by atoms with Crippen LogP contribution >= 0.6 is 11.6 Å². The molecule has 1 unspecified atom stereocenters. The van der Waals surface area contributed by atoms with Gasteiger partial charge in [-0.2, -0.15) is 13.2 Å². The number of amides is 1. The molecule has 1 saturated heterocycles. The van der Waals surface area contributed by atoms with Crippen LogP contribution in [-0.2, 0) is 10.9 Å². The minimum Gasteiger partial charge on any atom is -0.379 e. The van der Waals surface area contributed by atoms with E-state index >= 15 is 0 Å². The van der Waals surface area contributed by atoms with Crippen molar-refractivity contribution in [1.29, 1.82) is 0 Å². The third kappa shape index (κ3) is 5.53. The first-order valence-corrected chi connectivity index (χ1v) is 12.0. The largest absolute Gasteiger partial charge is 0.451 e. The smallest absolute Gasteiger partial charge is 0.379 e. The van der Waals surface area contributed by atoms with Crippen LogP contribution in [0.3, 0.4) is 0 Å². The Morgan fingerprint density at radius 1 is 1.14 bits per heavy atom. The van der Waals surface area contributed by atoms with E-state index in [9.17, 15) is 18.0 Å². The summed E-state index contributed by atoms with van der Waals surface area (Å²) in [5.74, 6) is -0.864. The van der Waals surface area contributed by atoms with Gasteiger partial charge in [0, 0.05) is 49.0 Å².